The molecule has 0 radical (unpaired) electrons. The quantitative estimate of drug-likeness (QED) is 0.0204. The molecule has 2 saturated heterocycles. The Bertz CT molecular complexity index is 2120. The van der Waals surface area contributed by atoms with Crippen molar-refractivity contribution in [2.45, 2.75) is 325 Å². The first-order valence-electron chi connectivity index (χ1n) is 36.6. The minimum absolute atomic E-state index is 0.247. The van der Waals surface area contributed by atoms with Gasteiger partial charge in [0.05, 0.1) is 32.0 Å². The van der Waals surface area contributed by atoms with Crippen molar-refractivity contribution in [1.82, 2.24) is 5.32 Å². The van der Waals surface area contributed by atoms with Crippen molar-refractivity contribution in [3.05, 3.63) is 146 Å². The van der Waals surface area contributed by atoms with E-state index in [-0.39, 0.29) is 18.9 Å². The molecule has 2 rings (SSSR count). The summed E-state index contributed by atoms with van der Waals surface area (Å²) in [5.74, 6) is -0.268. The van der Waals surface area contributed by atoms with Crippen LogP contribution >= 0.6 is 0 Å². The number of aliphatic hydroxyl groups is 8. The summed E-state index contributed by atoms with van der Waals surface area (Å²) in [5, 5.41) is 87.4. The molecule has 530 valence electrons. The number of ether oxygens (including phenoxy) is 4. The van der Waals surface area contributed by atoms with E-state index >= 15 is 0 Å². The molecule has 2 heterocycles. The fraction of sp³-hybridized carbons (Fsp3) is 0.684. The van der Waals surface area contributed by atoms with Gasteiger partial charge in [0.15, 0.2) is 12.6 Å². The van der Waals surface area contributed by atoms with Crippen molar-refractivity contribution in [3.8, 4) is 0 Å². The van der Waals surface area contributed by atoms with Gasteiger partial charge in [0.25, 0.3) is 0 Å². The molecule has 12 unspecified atom stereocenters. The number of amides is 1. The van der Waals surface area contributed by atoms with Gasteiger partial charge in [-0.05, 0) is 109 Å². The van der Waals surface area contributed by atoms with Gasteiger partial charge in [-0.25, -0.2) is 0 Å². The van der Waals surface area contributed by atoms with E-state index in [0.717, 1.165) is 116 Å². The van der Waals surface area contributed by atoms with Crippen LogP contribution in [0.25, 0.3) is 0 Å². The van der Waals surface area contributed by atoms with Gasteiger partial charge in [-0.1, -0.05) is 282 Å². The van der Waals surface area contributed by atoms with E-state index in [4.69, 9.17) is 18.9 Å². The van der Waals surface area contributed by atoms with E-state index < -0.39 is 86.8 Å². The van der Waals surface area contributed by atoms with Crippen LogP contribution in [0.1, 0.15) is 251 Å². The molecular formula is C79H131NO13. The summed E-state index contributed by atoms with van der Waals surface area (Å²) in [7, 11) is 0. The minimum Gasteiger partial charge on any atom is -0.394 e. The van der Waals surface area contributed by atoms with Gasteiger partial charge in [0.1, 0.15) is 48.8 Å². The summed E-state index contributed by atoms with van der Waals surface area (Å²) in [6.07, 6.45) is 76.1. The maximum absolute atomic E-state index is 13.3. The molecule has 9 N–H and O–H groups in total. The Kier molecular flexibility index (Phi) is 56.1. The van der Waals surface area contributed by atoms with E-state index in [9.17, 15) is 45.6 Å². The molecule has 12 atom stereocenters. The molecule has 1 amide bonds. The second kappa shape index (κ2) is 61.5. The highest BCUT2D eigenvalue weighted by Crippen LogP contribution is 2.30. The van der Waals surface area contributed by atoms with Crippen LogP contribution in [0.5, 0.6) is 0 Å². The van der Waals surface area contributed by atoms with E-state index in [1.165, 1.54) is 103 Å². The molecule has 2 aliphatic heterocycles. The Morgan fingerprint density at radius 3 is 1.18 bits per heavy atom. The third-order valence-corrected chi connectivity index (χ3v) is 16.8. The number of unbranched alkanes of at least 4 members (excludes halogenated alkanes) is 23. The van der Waals surface area contributed by atoms with Crippen LogP contribution in [-0.4, -0.2) is 140 Å². The number of carbonyl (C=O) groups is 1. The topological polar surface area (TPSA) is 228 Å². The monoisotopic (exact) mass is 1300 g/mol. The van der Waals surface area contributed by atoms with Crippen LogP contribution in [-0.2, 0) is 23.7 Å². The first-order valence-corrected chi connectivity index (χ1v) is 36.6. The molecule has 0 bridgehead atoms. The van der Waals surface area contributed by atoms with Gasteiger partial charge in [-0.2, -0.15) is 0 Å². The van der Waals surface area contributed by atoms with Crippen molar-refractivity contribution >= 4 is 5.91 Å². The smallest absolute Gasteiger partial charge is 0.220 e. The summed E-state index contributed by atoms with van der Waals surface area (Å²) in [6, 6.07) is -0.952. The maximum Gasteiger partial charge on any atom is 0.220 e. The highest BCUT2D eigenvalue weighted by Gasteiger charge is 2.51. The van der Waals surface area contributed by atoms with Crippen molar-refractivity contribution in [3.63, 3.8) is 0 Å². The molecule has 93 heavy (non-hydrogen) atoms. The van der Waals surface area contributed by atoms with Crippen LogP contribution in [0.4, 0.5) is 0 Å². The van der Waals surface area contributed by atoms with Gasteiger partial charge in [-0.15, -0.1) is 0 Å². The zero-order chi connectivity index (χ0) is 67.3. The second-order valence-corrected chi connectivity index (χ2v) is 25.0. The first-order chi connectivity index (χ1) is 45.6. The number of aliphatic hydroxyl groups excluding tert-OH is 8. The minimum atomic E-state index is -1.80. The SMILES string of the molecule is CC/C=C\C/C=C\C/C=C\C/C=C\C/C=C\C/C=C\C/C=C\C/C=C\C/C=C\C/C=C\CCCCCCCCC(=O)NC(COC1OC(CO)C(OC2OC(CO)C(O)C(O)C2O)C(O)C1O)C(O)/C=C/CC/C=C/CCCCCCCCCCCCCCCCCC. The molecule has 2 fully saturated rings. The molecule has 14 heteroatoms. The lowest BCUT2D eigenvalue weighted by Crippen LogP contribution is -2.65. The average Bonchev–Trinajstić information content (AvgIpc) is 0.852. The Hall–Kier alpha value is -4.13. The third kappa shape index (κ3) is 45.1. The molecule has 0 aromatic rings. The number of allylic oxidation sites excluding steroid dienone is 23. The molecule has 0 saturated carbocycles. The normalized spacial score (nSPS) is 23.5. The van der Waals surface area contributed by atoms with Crippen LogP contribution in [0.15, 0.2) is 146 Å². The number of rotatable bonds is 58. The largest absolute Gasteiger partial charge is 0.394 e. The number of nitrogens with one attached hydrogen (secondary N) is 1. The molecule has 0 aromatic heterocycles. The molecular weight excluding hydrogens is 1170 g/mol. The molecule has 14 nitrogen and oxygen atoms in total. The fourth-order valence-corrected chi connectivity index (χ4v) is 11.0. The van der Waals surface area contributed by atoms with Gasteiger partial charge < -0.3 is 65.1 Å². The van der Waals surface area contributed by atoms with Crippen LogP contribution in [0.2, 0.25) is 0 Å². The molecule has 0 aromatic carbocycles. The first kappa shape index (κ1) is 85.0. The molecule has 2 aliphatic rings. The van der Waals surface area contributed by atoms with E-state index in [1.807, 2.05) is 6.08 Å². The predicted molar refractivity (Wildman–Crippen MR) is 382 cm³/mol. The van der Waals surface area contributed by atoms with Crippen LogP contribution in [0, 0.1) is 0 Å². The lowest BCUT2D eigenvalue weighted by Gasteiger charge is -2.46. The van der Waals surface area contributed by atoms with Crippen molar-refractivity contribution in [1.29, 1.82) is 0 Å². The Morgan fingerprint density at radius 2 is 0.753 bits per heavy atom. The standard InChI is InChI=1S/C79H131NO13/c1-3-5-7-9-11-13-15-17-19-21-23-25-27-28-29-30-31-32-33-34-35-36-37-38-39-40-41-43-45-47-49-51-53-55-57-59-61-63-71(84)80-67(66-90-78-76(89)74(87)77(70(65-82)92-78)93-79-75(88)73(86)72(85)69(64-81)91-79)68(83)62-60-58-56-54-52-50-48-46-44-42-26-24-22-20-18-16-14-12-10-8-6-4-2/h5,7,11,13,17,19,23,25,28-29,31-32,34-35,37-38,40-41,45,47,52,54,60,62,67-70,72-79,81-83,85-89H,3-4,6,8-10,12,14-16,18,20-22,24,26-27,30,33,36,39,42-44,46,48-51,53,55-59,61,63-66H2,1-2H3,(H,80,84)/b7-5-,13-11-,19-17-,25-23-,29-28-,32-31-,35-34-,38-37-,41-40-,47-45-,54-52+,62-60+. The second-order valence-electron chi connectivity index (χ2n) is 25.0. The van der Waals surface area contributed by atoms with Gasteiger partial charge in [0.2, 0.25) is 5.91 Å². The van der Waals surface area contributed by atoms with Gasteiger partial charge in [-0.3, -0.25) is 4.79 Å². The number of hydrogen-bond acceptors (Lipinski definition) is 13. The van der Waals surface area contributed by atoms with Crippen LogP contribution in [0.3, 0.4) is 0 Å². The summed E-state index contributed by atoms with van der Waals surface area (Å²) in [5.41, 5.74) is 0. The number of carbonyl (C=O) groups excluding carboxylic acids is 1. The van der Waals surface area contributed by atoms with Crippen molar-refractivity contribution < 1.29 is 64.6 Å². The van der Waals surface area contributed by atoms with Crippen LogP contribution < -0.4 is 5.32 Å². The molecule has 0 spiro atoms. The lowest BCUT2D eigenvalue weighted by molar-refractivity contribution is -0.359. The summed E-state index contributed by atoms with van der Waals surface area (Å²) in [6.45, 7) is 2.66. The zero-order valence-electron chi connectivity index (χ0n) is 57.7. The Morgan fingerprint density at radius 1 is 0.398 bits per heavy atom. The highest BCUT2D eigenvalue weighted by molar-refractivity contribution is 5.76. The Labute approximate surface area is 563 Å². The third-order valence-electron chi connectivity index (χ3n) is 16.8. The van der Waals surface area contributed by atoms with Crippen molar-refractivity contribution in [2.24, 2.45) is 0 Å². The van der Waals surface area contributed by atoms with Gasteiger partial charge >= 0.3 is 0 Å². The van der Waals surface area contributed by atoms with Crippen molar-refractivity contribution in [2.75, 3.05) is 19.8 Å². The fourth-order valence-electron chi connectivity index (χ4n) is 11.0. The van der Waals surface area contributed by atoms with E-state index in [1.54, 1.807) is 6.08 Å². The maximum atomic E-state index is 13.3. The highest BCUT2D eigenvalue weighted by atomic mass is 16.7. The average molecular weight is 1300 g/mol. The summed E-state index contributed by atoms with van der Waals surface area (Å²) < 4.78 is 22.8. The summed E-state index contributed by atoms with van der Waals surface area (Å²) in [4.78, 5) is 13.3. The lowest BCUT2D eigenvalue weighted by atomic mass is 9.97. The number of hydrogen-bond donors (Lipinski definition) is 9. The van der Waals surface area contributed by atoms with Gasteiger partial charge in [0, 0.05) is 6.42 Å². The molecule has 0 aliphatic carbocycles. The van der Waals surface area contributed by atoms with E-state index in [0.29, 0.717) is 12.8 Å². The van der Waals surface area contributed by atoms with E-state index in [2.05, 4.69) is 153 Å². The zero-order valence-corrected chi connectivity index (χ0v) is 57.7. The Balaban J connectivity index is 1.69. The predicted octanol–water partition coefficient (Wildman–Crippen LogP) is 15.6. The summed E-state index contributed by atoms with van der Waals surface area (Å²) >= 11 is 0.